The number of hydrogen-bond donors (Lipinski definition) is 0. The minimum Gasteiger partial charge on any atom is -0.384 e. The first-order valence-corrected chi connectivity index (χ1v) is 9.35. The standard InChI is InChI=1S/C19H24N6O2/c1-26-12-10-18-20-19(27-22-18)17-9-5-6-11-24(17)13-15-14-25(23-21-15)16-7-3-2-4-8-16/h2-4,7-8,14,17H,5-6,9-13H2,1H3/t17-/m1/s1. The fraction of sp³-hybridized carbons (Fsp3) is 0.474. The van der Waals surface area contributed by atoms with Gasteiger partial charge in [0.2, 0.25) is 5.89 Å². The van der Waals surface area contributed by atoms with Crippen molar-refractivity contribution in [3.63, 3.8) is 0 Å². The second-order valence-corrected chi connectivity index (χ2v) is 6.76. The minimum absolute atomic E-state index is 0.129. The van der Waals surface area contributed by atoms with Gasteiger partial charge in [-0.05, 0) is 31.5 Å². The van der Waals surface area contributed by atoms with Crippen molar-refractivity contribution in [2.75, 3.05) is 20.3 Å². The van der Waals surface area contributed by atoms with Crippen LogP contribution in [0.3, 0.4) is 0 Å². The van der Waals surface area contributed by atoms with E-state index >= 15 is 0 Å². The third-order valence-corrected chi connectivity index (χ3v) is 4.84. The number of benzene rings is 1. The smallest absolute Gasteiger partial charge is 0.244 e. The maximum atomic E-state index is 5.54. The zero-order valence-electron chi connectivity index (χ0n) is 15.5. The second-order valence-electron chi connectivity index (χ2n) is 6.76. The van der Waals surface area contributed by atoms with Crippen LogP contribution < -0.4 is 0 Å². The van der Waals surface area contributed by atoms with Crippen molar-refractivity contribution in [1.29, 1.82) is 0 Å². The van der Waals surface area contributed by atoms with Crippen LogP contribution >= 0.6 is 0 Å². The second kappa shape index (κ2) is 8.41. The predicted octanol–water partition coefficient (Wildman–Crippen LogP) is 2.57. The molecule has 0 saturated carbocycles. The van der Waals surface area contributed by atoms with Crippen LogP contribution in [-0.2, 0) is 17.7 Å². The maximum Gasteiger partial charge on any atom is 0.244 e. The SMILES string of the molecule is COCCc1noc([C@H]2CCCCN2Cc2cn(-c3ccccc3)nn2)n1. The third kappa shape index (κ3) is 4.23. The van der Waals surface area contributed by atoms with E-state index in [0.717, 1.165) is 37.2 Å². The largest absolute Gasteiger partial charge is 0.384 e. The number of aromatic nitrogens is 5. The number of hydrogen-bond acceptors (Lipinski definition) is 7. The van der Waals surface area contributed by atoms with Crippen molar-refractivity contribution < 1.29 is 9.26 Å². The summed E-state index contributed by atoms with van der Waals surface area (Å²) in [5.74, 6) is 1.39. The average molecular weight is 368 g/mol. The summed E-state index contributed by atoms with van der Waals surface area (Å²) in [5.41, 5.74) is 1.94. The third-order valence-electron chi connectivity index (χ3n) is 4.84. The van der Waals surface area contributed by atoms with Crippen LogP contribution in [0.15, 0.2) is 41.1 Å². The Morgan fingerprint density at radius 2 is 2.11 bits per heavy atom. The first-order chi connectivity index (χ1) is 13.3. The Kier molecular flexibility index (Phi) is 5.55. The molecule has 1 aliphatic rings. The molecule has 0 aliphatic carbocycles. The Bertz CT molecular complexity index is 847. The first-order valence-electron chi connectivity index (χ1n) is 9.35. The van der Waals surface area contributed by atoms with Crippen LogP contribution in [0.2, 0.25) is 0 Å². The molecule has 3 heterocycles. The molecule has 0 unspecified atom stereocenters. The molecule has 0 bridgehead atoms. The van der Waals surface area contributed by atoms with Gasteiger partial charge < -0.3 is 9.26 Å². The highest BCUT2D eigenvalue weighted by Crippen LogP contribution is 2.31. The van der Waals surface area contributed by atoms with Crippen molar-refractivity contribution in [3.8, 4) is 5.69 Å². The summed E-state index contributed by atoms with van der Waals surface area (Å²) in [6, 6.07) is 10.1. The topological polar surface area (TPSA) is 82.1 Å². The van der Waals surface area contributed by atoms with E-state index in [1.165, 1.54) is 0 Å². The zero-order chi connectivity index (χ0) is 18.5. The molecule has 142 valence electrons. The molecule has 1 aliphatic heterocycles. The summed E-state index contributed by atoms with van der Waals surface area (Å²) in [4.78, 5) is 6.93. The van der Waals surface area contributed by atoms with Gasteiger partial charge in [-0.15, -0.1) is 5.10 Å². The molecule has 0 amide bonds. The van der Waals surface area contributed by atoms with Gasteiger partial charge in [0.1, 0.15) is 0 Å². The van der Waals surface area contributed by atoms with E-state index < -0.39 is 0 Å². The number of piperidine rings is 1. The summed E-state index contributed by atoms with van der Waals surface area (Å²) >= 11 is 0. The van der Waals surface area contributed by atoms with Gasteiger partial charge in [0.15, 0.2) is 5.82 Å². The average Bonchev–Trinajstić information content (AvgIpc) is 3.37. The highest BCUT2D eigenvalue weighted by molar-refractivity contribution is 5.29. The quantitative estimate of drug-likeness (QED) is 0.634. The van der Waals surface area contributed by atoms with Gasteiger partial charge in [0.25, 0.3) is 0 Å². The van der Waals surface area contributed by atoms with Gasteiger partial charge >= 0.3 is 0 Å². The van der Waals surface area contributed by atoms with Crippen LogP contribution in [0.4, 0.5) is 0 Å². The molecule has 1 aromatic carbocycles. The number of para-hydroxylation sites is 1. The first kappa shape index (κ1) is 17.8. The van der Waals surface area contributed by atoms with Crippen LogP contribution in [-0.4, -0.2) is 50.3 Å². The number of ether oxygens (including phenoxy) is 1. The molecule has 1 fully saturated rings. The Hall–Kier alpha value is -2.58. The summed E-state index contributed by atoms with van der Waals surface area (Å²) in [6.07, 6.45) is 5.98. The molecule has 3 aromatic rings. The number of methoxy groups -OCH3 is 1. The highest BCUT2D eigenvalue weighted by Gasteiger charge is 2.29. The lowest BCUT2D eigenvalue weighted by Crippen LogP contribution is -2.33. The van der Waals surface area contributed by atoms with Gasteiger partial charge in [0.05, 0.1) is 30.2 Å². The van der Waals surface area contributed by atoms with Crippen LogP contribution in [0.25, 0.3) is 5.69 Å². The Morgan fingerprint density at radius 1 is 1.22 bits per heavy atom. The molecule has 0 N–H and O–H groups in total. The molecule has 8 nitrogen and oxygen atoms in total. The Morgan fingerprint density at radius 3 is 2.96 bits per heavy atom. The van der Waals surface area contributed by atoms with Crippen molar-refractivity contribution in [3.05, 3.63) is 53.9 Å². The van der Waals surface area contributed by atoms with Crippen LogP contribution in [0.5, 0.6) is 0 Å². The molecule has 1 saturated heterocycles. The lowest BCUT2D eigenvalue weighted by atomic mass is 10.0. The van der Waals surface area contributed by atoms with E-state index in [2.05, 4.69) is 25.4 Å². The van der Waals surface area contributed by atoms with Gasteiger partial charge in [0, 0.05) is 20.1 Å². The van der Waals surface area contributed by atoms with E-state index in [1.807, 2.05) is 41.2 Å². The fourth-order valence-corrected chi connectivity index (χ4v) is 3.44. The van der Waals surface area contributed by atoms with Crippen molar-refractivity contribution >= 4 is 0 Å². The predicted molar refractivity (Wildman–Crippen MR) is 98.2 cm³/mol. The maximum absolute atomic E-state index is 5.54. The summed E-state index contributed by atoms with van der Waals surface area (Å²) in [5, 5.41) is 12.7. The zero-order valence-corrected chi connectivity index (χ0v) is 15.5. The number of likely N-dealkylation sites (tertiary alicyclic amines) is 1. The van der Waals surface area contributed by atoms with E-state index in [4.69, 9.17) is 9.26 Å². The van der Waals surface area contributed by atoms with E-state index in [1.54, 1.807) is 7.11 Å². The molecule has 0 radical (unpaired) electrons. The van der Waals surface area contributed by atoms with Crippen molar-refractivity contribution in [2.24, 2.45) is 0 Å². The van der Waals surface area contributed by atoms with E-state index in [-0.39, 0.29) is 6.04 Å². The molecule has 2 aromatic heterocycles. The lowest BCUT2D eigenvalue weighted by Gasteiger charge is -2.32. The van der Waals surface area contributed by atoms with Crippen molar-refractivity contribution in [1.82, 2.24) is 30.0 Å². The number of rotatable bonds is 7. The molecular weight excluding hydrogens is 344 g/mol. The number of nitrogens with zero attached hydrogens (tertiary/aromatic N) is 6. The monoisotopic (exact) mass is 368 g/mol. The van der Waals surface area contributed by atoms with Gasteiger partial charge in [-0.3, -0.25) is 4.90 Å². The summed E-state index contributed by atoms with van der Waals surface area (Å²) in [6.45, 7) is 2.29. The molecule has 27 heavy (non-hydrogen) atoms. The molecular formula is C19H24N6O2. The minimum atomic E-state index is 0.129. The highest BCUT2D eigenvalue weighted by atomic mass is 16.5. The van der Waals surface area contributed by atoms with E-state index in [0.29, 0.717) is 31.3 Å². The molecule has 1 atom stereocenters. The van der Waals surface area contributed by atoms with Crippen LogP contribution in [0, 0.1) is 0 Å². The van der Waals surface area contributed by atoms with Crippen molar-refractivity contribution in [2.45, 2.75) is 38.3 Å². The fourth-order valence-electron chi connectivity index (χ4n) is 3.44. The summed E-state index contributed by atoms with van der Waals surface area (Å²) in [7, 11) is 1.67. The van der Waals surface area contributed by atoms with Gasteiger partial charge in [-0.2, -0.15) is 4.98 Å². The molecule has 4 rings (SSSR count). The Labute approximate surface area is 158 Å². The Balaban J connectivity index is 1.47. The van der Waals surface area contributed by atoms with Crippen LogP contribution in [0.1, 0.15) is 42.7 Å². The van der Waals surface area contributed by atoms with Gasteiger partial charge in [-0.25, -0.2) is 4.68 Å². The van der Waals surface area contributed by atoms with E-state index in [9.17, 15) is 0 Å². The van der Waals surface area contributed by atoms with Gasteiger partial charge in [-0.1, -0.05) is 35.0 Å². The summed E-state index contributed by atoms with van der Waals surface area (Å²) < 4.78 is 12.4. The molecule has 8 heteroatoms. The lowest BCUT2D eigenvalue weighted by molar-refractivity contribution is 0.110. The molecule has 0 spiro atoms. The normalized spacial score (nSPS) is 18.0.